The number of aryl methyl sites for hydroxylation is 3. The summed E-state index contributed by atoms with van der Waals surface area (Å²) in [6.07, 6.45) is 1.04. The van der Waals surface area contributed by atoms with Crippen LogP contribution in [-0.2, 0) is 0 Å². The second-order valence-electron chi connectivity index (χ2n) is 9.82. The molecule has 6 aromatic rings. The number of H-pyrrole nitrogens is 3. The summed E-state index contributed by atoms with van der Waals surface area (Å²) >= 11 is 0. The van der Waals surface area contributed by atoms with Gasteiger partial charge in [0.2, 0.25) is 0 Å². The highest BCUT2D eigenvalue weighted by atomic mass is 14.7. The van der Waals surface area contributed by atoms with E-state index in [0.29, 0.717) is 5.92 Å². The maximum Gasteiger partial charge on any atom is 0.0459 e. The Hall–Kier alpha value is -3.72. The molecule has 3 aromatic heterocycles. The van der Waals surface area contributed by atoms with Crippen LogP contribution in [0.15, 0.2) is 72.8 Å². The number of para-hydroxylation sites is 3. The van der Waals surface area contributed by atoms with Gasteiger partial charge in [0, 0.05) is 55.7 Å². The Morgan fingerprint density at radius 2 is 0.882 bits per heavy atom. The monoisotopic (exact) mass is 445 g/mol. The van der Waals surface area contributed by atoms with Gasteiger partial charge in [-0.15, -0.1) is 0 Å². The van der Waals surface area contributed by atoms with Crippen molar-refractivity contribution in [3.05, 3.63) is 107 Å². The zero-order chi connectivity index (χ0) is 23.4. The fraction of sp³-hybridized carbons (Fsp3) is 0.226. The number of benzene rings is 3. The molecule has 3 aromatic carbocycles. The summed E-state index contributed by atoms with van der Waals surface area (Å²) in [6.45, 7) is 9.07. The van der Waals surface area contributed by atoms with Crippen molar-refractivity contribution in [2.75, 3.05) is 0 Å². The Balaban J connectivity index is 1.56. The first kappa shape index (κ1) is 20.9. The first-order valence-corrected chi connectivity index (χ1v) is 12.2. The predicted octanol–water partition coefficient (Wildman–Crippen LogP) is 8.38. The van der Waals surface area contributed by atoms with Gasteiger partial charge in [0.1, 0.15) is 0 Å². The molecule has 0 aliphatic rings. The third-order valence-electron chi connectivity index (χ3n) is 7.61. The standard InChI is InChI=1S/C31H31N3/c1-18(29-19(2)32-26-14-8-5-11-22(26)29)17-25(30-20(3)33-27-15-9-6-12-23(27)30)31-21(4)34-28-16-10-7-13-24(28)31/h5-16,18,25,32-34H,17H2,1-4H3. The van der Waals surface area contributed by atoms with Gasteiger partial charge in [-0.05, 0) is 68.0 Å². The van der Waals surface area contributed by atoms with Crippen LogP contribution in [0.2, 0.25) is 0 Å². The molecule has 170 valence electrons. The molecule has 0 aliphatic heterocycles. The average Bonchev–Trinajstić information content (AvgIpc) is 3.46. The number of hydrogen-bond donors (Lipinski definition) is 3. The van der Waals surface area contributed by atoms with Crippen LogP contribution >= 0.6 is 0 Å². The fourth-order valence-electron chi connectivity index (χ4n) is 6.28. The largest absolute Gasteiger partial charge is 0.358 e. The normalized spacial score (nSPS) is 13.0. The van der Waals surface area contributed by atoms with E-state index in [4.69, 9.17) is 0 Å². The Morgan fingerprint density at radius 1 is 0.529 bits per heavy atom. The molecule has 6 rings (SSSR count). The lowest BCUT2D eigenvalue weighted by molar-refractivity contribution is 0.618. The number of aromatic amines is 3. The maximum absolute atomic E-state index is 3.67. The number of hydrogen-bond acceptors (Lipinski definition) is 0. The van der Waals surface area contributed by atoms with Crippen LogP contribution in [0.1, 0.15) is 59.0 Å². The van der Waals surface area contributed by atoms with Crippen LogP contribution in [0.25, 0.3) is 32.7 Å². The summed E-state index contributed by atoms with van der Waals surface area (Å²) in [4.78, 5) is 11.0. The molecule has 0 saturated heterocycles. The lowest BCUT2D eigenvalue weighted by Gasteiger charge is -2.24. The lowest BCUT2D eigenvalue weighted by Crippen LogP contribution is -2.09. The second-order valence-corrected chi connectivity index (χ2v) is 9.82. The molecule has 0 saturated carbocycles. The molecule has 0 amide bonds. The molecule has 0 fully saturated rings. The average molecular weight is 446 g/mol. The Kier molecular flexibility index (Phi) is 4.88. The highest BCUT2D eigenvalue weighted by molar-refractivity contribution is 5.90. The summed E-state index contributed by atoms with van der Waals surface area (Å²) in [7, 11) is 0. The van der Waals surface area contributed by atoms with Crippen molar-refractivity contribution in [3.63, 3.8) is 0 Å². The van der Waals surface area contributed by atoms with Gasteiger partial charge < -0.3 is 15.0 Å². The smallest absolute Gasteiger partial charge is 0.0459 e. The molecule has 3 N–H and O–H groups in total. The highest BCUT2D eigenvalue weighted by Gasteiger charge is 2.28. The van der Waals surface area contributed by atoms with E-state index in [0.717, 1.165) is 6.42 Å². The minimum absolute atomic E-state index is 0.273. The van der Waals surface area contributed by atoms with Gasteiger partial charge in [0.15, 0.2) is 0 Å². The first-order chi connectivity index (χ1) is 16.5. The number of aromatic nitrogens is 3. The van der Waals surface area contributed by atoms with Crippen molar-refractivity contribution in [1.29, 1.82) is 0 Å². The minimum atomic E-state index is 0.273. The fourth-order valence-corrected chi connectivity index (χ4v) is 6.28. The van der Waals surface area contributed by atoms with Gasteiger partial charge in [0.05, 0.1) is 0 Å². The predicted molar refractivity (Wildman–Crippen MR) is 144 cm³/mol. The highest BCUT2D eigenvalue weighted by Crippen LogP contribution is 2.45. The van der Waals surface area contributed by atoms with E-state index in [-0.39, 0.29) is 5.92 Å². The van der Waals surface area contributed by atoms with Crippen LogP contribution in [-0.4, -0.2) is 15.0 Å². The van der Waals surface area contributed by atoms with Gasteiger partial charge in [-0.2, -0.15) is 0 Å². The van der Waals surface area contributed by atoms with Crippen molar-refractivity contribution < 1.29 is 0 Å². The molecule has 3 heterocycles. The number of fused-ring (bicyclic) bond motifs is 3. The zero-order valence-corrected chi connectivity index (χ0v) is 20.3. The molecule has 34 heavy (non-hydrogen) atoms. The third-order valence-corrected chi connectivity index (χ3v) is 7.61. The topological polar surface area (TPSA) is 47.4 Å². The van der Waals surface area contributed by atoms with Gasteiger partial charge in [-0.3, -0.25) is 0 Å². The van der Waals surface area contributed by atoms with E-state index in [1.807, 2.05) is 0 Å². The van der Waals surface area contributed by atoms with Crippen LogP contribution in [0, 0.1) is 20.8 Å². The van der Waals surface area contributed by atoms with E-state index in [2.05, 4.69) is 115 Å². The van der Waals surface area contributed by atoms with Gasteiger partial charge in [0.25, 0.3) is 0 Å². The second kappa shape index (κ2) is 7.95. The summed E-state index contributed by atoms with van der Waals surface area (Å²) in [5, 5.41) is 4.01. The van der Waals surface area contributed by atoms with Crippen molar-refractivity contribution >= 4 is 32.7 Å². The molecule has 3 heteroatoms. The molecule has 0 radical (unpaired) electrons. The molecule has 0 bridgehead atoms. The molecule has 3 nitrogen and oxygen atoms in total. The molecular weight excluding hydrogens is 414 g/mol. The van der Waals surface area contributed by atoms with Crippen LogP contribution in [0.5, 0.6) is 0 Å². The van der Waals surface area contributed by atoms with Crippen molar-refractivity contribution in [2.45, 2.75) is 46.0 Å². The molecule has 1 atom stereocenters. The third kappa shape index (κ3) is 3.19. The maximum atomic E-state index is 3.67. The number of rotatable bonds is 5. The van der Waals surface area contributed by atoms with Gasteiger partial charge >= 0.3 is 0 Å². The van der Waals surface area contributed by atoms with E-state index >= 15 is 0 Å². The van der Waals surface area contributed by atoms with Crippen molar-refractivity contribution in [2.24, 2.45) is 0 Å². The zero-order valence-electron chi connectivity index (χ0n) is 20.3. The first-order valence-electron chi connectivity index (χ1n) is 12.2. The summed E-state index contributed by atoms with van der Waals surface area (Å²) < 4.78 is 0. The summed E-state index contributed by atoms with van der Waals surface area (Å²) in [5.41, 5.74) is 11.7. The number of nitrogens with one attached hydrogen (secondary N) is 3. The van der Waals surface area contributed by atoms with Crippen LogP contribution in [0.4, 0.5) is 0 Å². The van der Waals surface area contributed by atoms with E-state index < -0.39 is 0 Å². The SMILES string of the molecule is Cc1[nH]c2ccccc2c1C(C)CC(c1c(C)[nH]c2ccccc12)c1c(C)[nH]c2ccccc12. The Bertz CT molecular complexity index is 1560. The molecule has 0 spiro atoms. The van der Waals surface area contributed by atoms with Crippen molar-refractivity contribution in [3.8, 4) is 0 Å². The lowest BCUT2D eigenvalue weighted by atomic mass is 9.79. The van der Waals surface area contributed by atoms with Gasteiger partial charge in [-0.1, -0.05) is 61.5 Å². The summed E-state index contributed by atoms with van der Waals surface area (Å²) in [6, 6.07) is 26.2. The molecule has 1 unspecified atom stereocenters. The van der Waals surface area contributed by atoms with E-state index in [9.17, 15) is 0 Å². The Labute approximate surface area is 200 Å². The molecular formula is C31H31N3. The van der Waals surface area contributed by atoms with Crippen LogP contribution in [0.3, 0.4) is 0 Å². The van der Waals surface area contributed by atoms with Gasteiger partial charge in [-0.25, -0.2) is 0 Å². The van der Waals surface area contributed by atoms with E-state index in [1.165, 1.54) is 66.5 Å². The van der Waals surface area contributed by atoms with Crippen molar-refractivity contribution in [1.82, 2.24) is 15.0 Å². The minimum Gasteiger partial charge on any atom is -0.358 e. The Morgan fingerprint density at radius 3 is 1.32 bits per heavy atom. The summed E-state index contributed by atoms with van der Waals surface area (Å²) in [5.74, 6) is 0.664. The van der Waals surface area contributed by atoms with E-state index in [1.54, 1.807) is 0 Å². The molecule has 0 aliphatic carbocycles. The quantitative estimate of drug-likeness (QED) is 0.239. The van der Waals surface area contributed by atoms with Crippen LogP contribution < -0.4 is 0 Å².